The van der Waals surface area contributed by atoms with E-state index in [-0.39, 0.29) is 12.3 Å². The van der Waals surface area contributed by atoms with Gasteiger partial charge in [-0.1, -0.05) is 33.2 Å². The van der Waals surface area contributed by atoms with E-state index in [1.807, 2.05) is 48.9 Å². The highest BCUT2D eigenvalue weighted by atomic mass is 79.9. The standard InChI is InChI=1S/C17H16BrN3O2/c1-10-14(7-8-17(22)23)11(2)21-16(19-10)9-15(20-21)12-3-5-13(18)6-4-12/h3-6,9,14H,7-8H2,1-2H3/p+1. The lowest BCUT2D eigenvalue weighted by molar-refractivity contribution is -0.482. The van der Waals surface area contributed by atoms with E-state index in [0.29, 0.717) is 6.42 Å². The molecule has 0 aliphatic carbocycles. The SMILES string of the molecule is CC1=NC2=CC(c3ccc(Br)cc3)=N[N+]2=C(C)C1CCC(=O)O. The zero-order valence-electron chi connectivity index (χ0n) is 13.0. The second kappa shape index (κ2) is 6.20. The lowest BCUT2D eigenvalue weighted by Crippen LogP contribution is -2.31. The van der Waals surface area contributed by atoms with Crippen LogP contribution in [-0.4, -0.2) is 32.9 Å². The molecule has 1 aromatic rings. The summed E-state index contributed by atoms with van der Waals surface area (Å²) in [5.41, 5.74) is 3.86. The van der Waals surface area contributed by atoms with E-state index in [0.717, 1.165) is 33.0 Å². The summed E-state index contributed by atoms with van der Waals surface area (Å²) in [6, 6.07) is 7.97. The number of carboxylic acid groups (broad SMARTS) is 1. The number of allylic oxidation sites excluding steroid dienone is 1. The minimum Gasteiger partial charge on any atom is -0.481 e. The molecular weight excluding hydrogens is 358 g/mol. The number of nitrogens with zero attached hydrogens (tertiary/aromatic N) is 3. The Morgan fingerprint density at radius 1 is 1.30 bits per heavy atom. The first kappa shape index (κ1) is 15.8. The van der Waals surface area contributed by atoms with Crippen molar-refractivity contribution >= 4 is 39.0 Å². The summed E-state index contributed by atoms with van der Waals surface area (Å²) in [7, 11) is 0. The summed E-state index contributed by atoms with van der Waals surface area (Å²) in [6.07, 6.45) is 2.64. The number of carboxylic acids is 1. The molecule has 0 bridgehead atoms. The van der Waals surface area contributed by atoms with Gasteiger partial charge in [-0.25, -0.2) is 0 Å². The van der Waals surface area contributed by atoms with Crippen molar-refractivity contribution < 1.29 is 14.6 Å². The predicted octanol–water partition coefficient (Wildman–Crippen LogP) is 3.44. The second-order valence-electron chi connectivity index (χ2n) is 5.69. The normalized spacial score (nSPS) is 20.0. The van der Waals surface area contributed by atoms with Gasteiger partial charge in [0.15, 0.2) is 0 Å². The second-order valence-corrected chi connectivity index (χ2v) is 6.60. The van der Waals surface area contributed by atoms with E-state index in [9.17, 15) is 4.79 Å². The molecule has 6 heteroatoms. The van der Waals surface area contributed by atoms with Crippen LogP contribution in [-0.2, 0) is 4.79 Å². The van der Waals surface area contributed by atoms with Crippen LogP contribution in [0.1, 0.15) is 32.3 Å². The molecule has 0 saturated heterocycles. The maximum absolute atomic E-state index is 10.8. The summed E-state index contributed by atoms with van der Waals surface area (Å²) in [5, 5.41) is 13.6. The van der Waals surface area contributed by atoms with Gasteiger partial charge < -0.3 is 5.11 Å². The van der Waals surface area contributed by atoms with Crippen LogP contribution < -0.4 is 0 Å². The number of carbonyl (C=O) groups is 1. The largest absolute Gasteiger partial charge is 0.481 e. The molecule has 5 nitrogen and oxygen atoms in total. The summed E-state index contributed by atoms with van der Waals surface area (Å²) >= 11 is 3.43. The number of hydrazone groups is 1. The van der Waals surface area contributed by atoms with Gasteiger partial charge in [0.25, 0.3) is 0 Å². The van der Waals surface area contributed by atoms with Crippen molar-refractivity contribution in [3.05, 3.63) is 46.2 Å². The third-order valence-electron chi connectivity index (χ3n) is 4.11. The Kier molecular flexibility index (Phi) is 4.26. The zero-order chi connectivity index (χ0) is 16.6. The van der Waals surface area contributed by atoms with E-state index in [4.69, 9.17) is 5.11 Å². The van der Waals surface area contributed by atoms with E-state index in [1.165, 1.54) is 0 Å². The molecule has 0 aromatic heterocycles. The van der Waals surface area contributed by atoms with Crippen LogP contribution in [0.2, 0.25) is 0 Å². The monoisotopic (exact) mass is 374 g/mol. The summed E-state index contributed by atoms with van der Waals surface area (Å²) in [5.74, 6) is 0.0353. The Bertz CT molecular complexity index is 789. The molecule has 2 aliphatic heterocycles. The summed E-state index contributed by atoms with van der Waals surface area (Å²) in [4.78, 5) is 15.5. The lowest BCUT2D eigenvalue weighted by Gasteiger charge is -2.16. The first-order chi connectivity index (χ1) is 11.0. The molecule has 23 heavy (non-hydrogen) atoms. The van der Waals surface area contributed by atoms with Crippen molar-refractivity contribution in [2.75, 3.05) is 0 Å². The fraction of sp³-hybridized carbons (Fsp3) is 0.294. The number of hydrogen-bond acceptors (Lipinski definition) is 3. The minimum absolute atomic E-state index is 0.0243. The van der Waals surface area contributed by atoms with Crippen LogP contribution in [0.5, 0.6) is 0 Å². The van der Waals surface area contributed by atoms with E-state index in [2.05, 4.69) is 26.0 Å². The molecule has 1 N–H and O–H groups in total. The molecule has 2 aliphatic rings. The number of fused-ring (bicyclic) bond motifs is 1. The highest BCUT2D eigenvalue weighted by Gasteiger charge is 2.36. The average molecular weight is 375 g/mol. The molecule has 0 amide bonds. The molecule has 2 heterocycles. The van der Waals surface area contributed by atoms with Gasteiger partial charge in [0, 0.05) is 16.5 Å². The quantitative estimate of drug-likeness (QED) is 0.820. The van der Waals surface area contributed by atoms with Crippen LogP contribution in [0.25, 0.3) is 0 Å². The van der Waals surface area contributed by atoms with Gasteiger partial charge in [-0.15, -0.1) is 4.68 Å². The van der Waals surface area contributed by atoms with Gasteiger partial charge in [0.05, 0.1) is 12.0 Å². The maximum Gasteiger partial charge on any atom is 0.350 e. The molecule has 1 unspecified atom stereocenters. The minimum atomic E-state index is -0.785. The fourth-order valence-electron chi connectivity index (χ4n) is 2.87. The van der Waals surface area contributed by atoms with Gasteiger partial charge >= 0.3 is 11.8 Å². The Hall–Kier alpha value is -2.08. The highest BCUT2D eigenvalue weighted by Crippen LogP contribution is 2.25. The van der Waals surface area contributed by atoms with Gasteiger partial charge in [-0.05, 0) is 37.4 Å². The van der Waals surface area contributed by atoms with Crippen molar-refractivity contribution in [3.8, 4) is 0 Å². The number of aliphatic imine (C=N–C) groups is 1. The predicted molar refractivity (Wildman–Crippen MR) is 93.2 cm³/mol. The zero-order valence-corrected chi connectivity index (χ0v) is 14.5. The number of benzene rings is 1. The van der Waals surface area contributed by atoms with Crippen molar-refractivity contribution in [1.29, 1.82) is 0 Å². The van der Waals surface area contributed by atoms with E-state index >= 15 is 0 Å². The van der Waals surface area contributed by atoms with Crippen LogP contribution in [0.15, 0.2) is 50.7 Å². The van der Waals surface area contributed by atoms with Crippen molar-refractivity contribution in [1.82, 2.24) is 0 Å². The first-order valence-corrected chi connectivity index (χ1v) is 8.22. The topological polar surface area (TPSA) is 65.0 Å². The average Bonchev–Trinajstić information content (AvgIpc) is 2.91. The smallest absolute Gasteiger partial charge is 0.350 e. The van der Waals surface area contributed by atoms with Gasteiger partial charge in [0.1, 0.15) is 17.1 Å². The maximum atomic E-state index is 10.8. The number of halogens is 1. The van der Waals surface area contributed by atoms with Crippen LogP contribution in [0.3, 0.4) is 0 Å². The van der Waals surface area contributed by atoms with E-state index in [1.54, 1.807) is 0 Å². The fourth-order valence-corrected chi connectivity index (χ4v) is 3.13. The van der Waals surface area contributed by atoms with Crippen LogP contribution in [0, 0.1) is 5.92 Å². The summed E-state index contributed by atoms with van der Waals surface area (Å²) < 4.78 is 2.85. The molecule has 1 atom stereocenters. The molecule has 0 radical (unpaired) electrons. The van der Waals surface area contributed by atoms with Crippen molar-refractivity contribution in [2.24, 2.45) is 16.0 Å². The van der Waals surface area contributed by atoms with Gasteiger partial charge in [-0.3, -0.25) is 4.79 Å². The Morgan fingerprint density at radius 2 is 2.00 bits per heavy atom. The van der Waals surface area contributed by atoms with Crippen molar-refractivity contribution in [2.45, 2.75) is 26.7 Å². The number of aliphatic carboxylic acids is 1. The molecule has 1 aromatic carbocycles. The van der Waals surface area contributed by atoms with Gasteiger partial charge in [0.2, 0.25) is 0 Å². The molecular formula is C17H17BrN3O2+. The van der Waals surface area contributed by atoms with Crippen molar-refractivity contribution in [3.63, 3.8) is 0 Å². The third-order valence-corrected chi connectivity index (χ3v) is 4.64. The van der Waals surface area contributed by atoms with Gasteiger partial charge in [-0.2, -0.15) is 0 Å². The molecule has 0 saturated carbocycles. The van der Waals surface area contributed by atoms with Crippen LogP contribution >= 0.6 is 15.9 Å². The summed E-state index contributed by atoms with van der Waals surface area (Å²) in [6.45, 7) is 3.94. The highest BCUT2D eigenvalue weighted by molar-refractivity contribution is 9.10. The number of hydrogen-bond donors (Lipinski definition) is 1. The molecule has 3 rings (SSSR count). The molecule has 0 spiro atoms. The van der Waals surface area contributed by atoms with Crippen LogP contribution in [0.4, 0.5) is 0 Å². The lowest BCUT2D eigenvalue weighted by atomic mass is 9.92. The Balaban J connectivity index is 1.94. The van der Waals surface area contributed by atoms with E-state index < -0.39 is 5.97 Å². The third kappa shape index (κ3) is 3.17. The molecule has 118 valence electrons. The molecule has 0 fully saturated rings. The Morgan fingerprint density at radius 3 is 2.65 bits per heavy atom. The number of rotatable bonds is 4. The first-order valence-electron chi connectivity index (χ1n) is 7.42. The Labute approximate surface area is 142 Å².